The Morgan fingerprint density at radius 2 is 2.00 bits per heavy atom. The first kappa shape index (κ1) is 19.5. The average Bonchev–Trinajstić information content (AvgIpc) is 2.87. The monoisotopic (exact) mass is 362 g/mol. The van der Waals surface area contributed by atoms with E-state index >= 15 is 0 Å². The van der Waals surface area contributed by atoms with Crippen LogP contribution in [0.4, 0.5) is 4.39 Å². The summed E-state index contributed by atoms with van der Waals surface area (Å²) in [5.74, 6) is -0.509. The minimum absolute atomic E-state index is 0. The van der Waals surface area contributed by atoms with Gasteiger partial charge in [-0.3, -0.25) is 0 Å². The first-order valence-corrected chi connectivity index (χ1v) is 8.49. The molecule has 0 unspecified atom stereocenters. The number of nitrogens with two attached hydrogens (primary N) is 1. The van der Waals surface area contributed by atoms with Gasteiger partial charge in [0.15, 0.2) is 0 Å². The van der Waals surface area contributed by atoms with Gasteiger partial charge in [-0.1, -0.05) is 31.1 Å². The summed E-state index contributed by atoms with van der Waals surface area (Å²) in [6.07, 6.45) is 0.603. The Morgan fingerprint density at radius 3 is 2.61 bits per heavy atom. The predicted octanol–water partition coefficient (Wildman–Crippen LogP) is -0.767. The molecule has 1 atom stereocenters. The lowest BCUT2D eigenvalue weighted by atomic mass is 10.1. The van der Waals surface area contributed by atoms with Crippen molar-refractivity contribution >= 4 is 9.84 Å². The Bertz CT molecular complexity index is 749. The summed E-state index contributed by atoms with van der Waals surface area (Å²) in [4.78, 5) is 0. The van der Waals surface area contributed by atoms with Crippen LogP contribution in [-0.2, 0) is 15.6 Å². The Balaban J connectivity index is 0.00000264. The number of nitrogens with zero attached hydrogens (tertiary/aromatic N) is 2. The molecule has 128 valence electrons. The highest BCUT2D eigenvalue weighted by Crippen LogP contribution is 2.21. The summed E-state index contributed by atoms with van der Waals surface area (Å²) in [6, 6.07) is 4.84. The molecule has 0 aliphatic rings. The topological polar surface area (TPSA) is 99.1 Å². The van der Waals surface area contributed by atoms with Gasteiger partial charge in [0.05, 0.1) is 11.8 Å². The summed E-state index contributed by atoms with van der Waals surface area (Å²) >= 11 is 0. The number of hydrogen-bond donors (Lipinski definition) is 1. The summed E-state index contributed by atoms with van der Waals surface area (Å²) in [6.45, 7) is 3.97. The molecule has 1 aromatic heterocycles. The molecule has 2 N–H and O–H groups in total. The molecular formula is C14H18ClFN3O3S-. The summed E-state index contributed by atoms with van der Waals surface area (Å²) in [5, 5.41) is 6.76. The van der Waals surface area contributed by atoms with Crippen molar-refractivity contribution in [2.75, 3.05) is 0 Å². The highest BCUT2D eigenvalue weighted by Gasteiger charge is 2.25. The van der Waals surface area contributed by atoms with Gasteiger partial charge in [0.1, 0.15) is 5.82 Å². The van der Waals surface area contributed by atoms with Crippen molar-refractivity contribution in [3.63, 3.8) is 0 Å². The number of hydrogen-bond acceptors (Lipinski definition) is 6. The van der Waals surface area contributed by atoms with Gasteiger partial charge >= 0.3 is 5.22 Å². The van der Waals surface area contributed by atoms with Crippen LogP contribution >= 0.6 is 0 Å². The molecule has 0 saturated heterocycles. The van der Waals surface area contributed by atoms with E-state index in [1.807, 2.05) is 13.8 Å². The van der Waals surface area contributed by atoms with Crippen LogP contribution in [0, 0.1) is 11.7 Å². The third kappa shape index (κ3) is 5.26. The molecule has 6 nitrogen and oxygen atoms in total. The molecule has 23 heavy (non-hydrogen) atoms. The zero-order valence-corrected chi connectivity index (χ0v) is 14.3. The van der Waals surface area contributed by atoms with Crippen molar-refractivity contribution in [2.45, 2.75) is 37.3 Å². The molecular weight excluding hydrogens is 345 g/mol. The normalized spacial score (nSPS) is 12.9. The van der Waals surface area contributed by atoms with Crippen LogP contribution in [0.15, 0.2) is 33.9 Å². The van der Waals surface area contributed by atoms with Gasteiger partial charge in [-0.15, -0.1) is 5.10 Å². The van der Waals surface area contributed by atoms with Crippen molar-refractivity contribution in [3.8, 4) is 0 Å². The Kier molecular flexibility index (Phi) is 6.67. The second-order valence-corrected chi connectivity index (χ2v) is 7.40. The van der Waals surface area contributed by atoms with Crippen LogP contribution in [0.1, 0.15) is 37.8 Å². The lowest BCUT2D eigenvalue weighted by Gasteiger charge is -2.08. The fraction of sp³-hybridized carbons (Fsp3) is 0.429. The van der Waals surface area contributed by atoms with Crippen molar-refractivity contribution in [1.82, 2.24) is 10.2 Å². The van der Waals surface area contributed by atoms with Crippen molar-refractivity contribution in [1.29, 1.82) is 0 Å². The van der Waals surface area contributed by atoms with E-state index in [2.05, 4.69) is 10.2 Å². The van der Waals surface area contributed by atoms with Gasteiger partial charge < -0.3 is 22.6 Å². The molecule has 0 aliphatic heterocycles. The summed E-state index contributed by atoms with van der Waals surface area (Å²) < 4.78 is 42.7. The zero-order valence-electron chi connectivity index (χ0n) is 12.7. The highest BCUT2D eigenvalue weighted by atomic mass is 35.5. The molecule has 0 radical (unpaired) electrons. The molecule has 0 saturated carbocycles. The van der Waals surface area contributed by atoms with Gasteiger partial charge in [0, 0.05) is 0 Å². The van der Waals surface area contributed by atoms with Crippen LogP contribution in [0.25, 0.3) is 0 Å². The highest BCUT2D eigenvalue weighted by molar-refractivity contribution is 7.90. The minimum Gasteiger partial charge on any atom is -1.00 e. The number of halogens is 2. The lowest BCUT2D eigenvalue weighted by Crippen LogP contribution is -3.00. The maximum absolute atomic E-state index is 13.1. The Morgan fingerprint density at radius 1 is 1.30 bits per heavy atom. The van der Waals surface area contributed by atoms with E-state index in [4.69, 9.17) is 10.2 Å². The third-order valence-corrected chi connectivity index (χ3v) is 4.39. The van der Waals surface area contributed by atoms with Crippen LogP contribution < -0.4 is 18.1 Å². The SMILES string of the molecule is CC(C)C[C@H](N)c1nnc(S(=O)(=O)Cc2cccc(F)c2)o1.[Cl-]. The first-order chi connectivity index (χ1) is 10.3. The molecule has 9 heteroatoms. The van der Waals surface area contributed by atoms with Gasteiger partial charge in [-0.05, 0) is 30.0 Å². The van der Waals surface area contributed by atoms with Crippen molar-refractivity contribution in [3.05, 3.63) is 41.5 Å². The number of aromatic nitrogens is 2. The summed E-state index contributed by atoms with van der Waals surface area (Å²) in [5.41, 5.74) is 6.20. The zero-order chi connectivity index (χ0) is 16.3. The van der Waals surface area contributed by atoms with Crippen LogP contribution in [-0.4, -0.2) is 18.6 Å². The van der Waals surface area contributed by atoms with E-state index in [1.165, 1.54) is 18.2 Å². The quantitative estimate of drug-likeness (QED) is 0.724. The van der Waals surface area contributed by atoms with E-state index in [0.717, 1.165) is 6.07 Å². The fourth-order valence-corrected chi connectivity index (χ4v) is 3.13. The summed E-state index contributed by atoms with van der Waals surface area (Å²) in [7, 11) is -3.83. The van der Waals surface area contributed by atoms with Crippen LogP contribution in [0.3, 0.4) is 0 Å². The first-order valence-electron chi connectivity index (χ1n) is 6.84. The molecule has 1 heterocycles. The van der Waals surface area contributed by atoms with Gasteiger partial charge in [0.25, 0.3) is 0 Å². The van der Waals surface area contributed by atoms with E-state index in [0.29, 0.717) is 17.9 Å². The predicted molar refractivity (Wildman–Crippen MR) is 78.0 cm³/mol. The molecule has 0 spiro atoms. The number of rotatable bonds is 6. The van der Waals surface area contributed by atoms with E-state index in [9.17, 15) is 12.8 Å². The van der Waals surface area contributed by atoms with Crippen LogP contribution in [0.5, 0.6) is 0 Å². The average molecular weight is 363 g/mol. The van der Waals surface area contributed by atoms with Gasteiger partial charge in [-0.25, -0.2) is 12.8 Å². The minimum atomic E-state index is -3.83. The molecule has 0 fully saturated rings. The molecule has 0 aliphatic carbocycles. The van der Waals surface area contributed by atoms with Crippen LogP contribution in [0.2, 0.25) is 0 Å². The van der Waals surface area contributed by atoms with Crippen molar-refractivity contribution < 1.29 is 29.6 Å². The second kappa shape index (κ2) is 7.85. The van der Waals surface area contributed by atoms with E-state index in [-0.39, 0.29) is 18.3 Å². The Hall–Kier alpha value is -1.51. The van der Waals surface area contributed by atoms with Gasteiger partial charge in [0.2, 0.25) is 15.7 Å². The maximum Gasteiger partial charge on any atom is 0.335 e. The number of sulfone groups is 1. The molecule has 1 aromatic carbocycles. The van der Waals surface area contributed by atoms with Crippen molar-refractivity contribution in [2.24, 2.45) is 11.7 Å². The molecule has 2 rings (SSSR count). The standard InChI is InChI=1S/C14H18FN3O3S.ClH/c1-9(2)6-12(16)13-17-18-14(21-13)22(19,20)8-10-4-3-5-11(15)7-10;/h3-5,7,9,12H,6,8,16H2,1-2H3;1H/p-1/t12-;/m0./s1. The second-order valence-electron chi connectivity index (χ2n) is 5.53. The molecule has 0 amide bonds. The van der Waals surface area contributed by atoms with E-state index in [1.54, 1.807) is 0 Å². The number of benzene rings is 1. The van der Waals surface area contributed by atoms with Gasteiger partial charge in [-0.2, -0.15) is 0 Å². The molecule has 2 aromatic rings. The van der Waals surface area contributed by atoms with E-state index < -0.39 is 32.7 Å². The fourth-order valence-electron chi connectivity index (χ4n) is 2.01. The smallest absolute Gasteiger partial charge is 0.335 e. The lowest BCUT2D eigenvalue weighted by molar-refractivity contribution is -0.00000841. The maximum atomic E-state index is 13.1. The third-order valence-electron chi connectivity index (χ3n) is 2.98. The largest absolute Gasteiger partial charge is 1.00 e. The molecule has 0 bridgehead atoms. The Labute approximate surface area is 140 Å².